The van der Waals surface area contributed by atoms with Crippen molar-refractivity contribution in [3.8, 4) is 5.75 Å². The number of hydrogen-bond donors (Lipinski definition) is 1. The Morgan fingerprint density at radius 1 is 1.14 bits per heavy atom. The maximum absolute atomic E-state index is 14.0. The Bertz CT molecular complexity index is 622. The van der Waals surface area contributed by atoms with Crippen LogP contribution >= 0.6 is 0 Å². The lowest BCUT2D eigenvalue weighted by atomic mass is 9.84. The molecule has 0 aromatic heterocycles. The van der Waals surface area contributed by atoms with Crippen LogP contribution in [0.4, 0.5) is 4.39 Å². The zero-order chi connectivity index (χ0) is 14.9. The van der Waals surface area contributed by atoms with E-state index in [2.05, 4.69) is 29.6 Å². The van der Waals surface area contributed by atoms with Gasteiger partial charge >= 0.3 is 0 Å². The number of nitrogens with one attached hydrogen (secondary N) is 1. The van der Waals surface area contributed by atoms with Crippen molar-refractivity contribution in [2.45, 2.75) is 24.3 Å². The molecule has 0 radical (unpaired) electrons. The van der Waals surface area contributed by atoms with Crippen molar-refractivity contribution < 1.29 is 9.13 Å². The smallest absolute Gasteiger partial charge is 0.165 e. The van der Waals surface area contributed by atoms with Gasteiger partial charge in [0.05, 0.1) is 7.11 Å². The Labute approximate surface area is 125 Å². The molecule has 2 aromatic carbocycles. The van der Waals surface area contributed by atoms with Gasteiger partial charge in [0.2, 0.25) is 0 Å². The normalized spacial score (nSPS) is 17.3. The number of methoxy groups -OCH3 is 1. The van der Waals surface area contributed by atoms with Gasteiger partial charge in [-0.05, 0) is 43.1 Å². The second-order valence-electron chi connectivity index (χ2n) is 5.64. The van der Waals surface area contributed by atoms with Crippen molar-refractivity contribution >= 4 is 0 Å². The molecule has 0 amide bonds. The zero-order valence-corrected chi connectivity index (χ0v) is 12.4. The molecule has 0 spiro atoms. The van der Waals surface area contributed by atoms with E-state index in [0.29, 0.717) is 0 Å². The molecule has 1 unspecified atom stereocenters. The Morgan fingerprint density at radius 3 is 2.38 bits per heavy atom. The molecule has 1 aliphatic rings. The van der Waals surface area contributed by atoms with Crippen LogP contribution in [0.5, 0.6) is 5.75 Å². The Kier molecular flexibility index (Phi) is 3.68. The van der Waals surface area contributed by atoms with Gasteiger partial charge < -0.3 is 10.1 Å². The monoisotopic (exact) mass is 285 g/mol. The Balaban J connectivity index is 1.97. The summed E-state index contributed by atoms with van der Waals surface area (Å²) in [4.78, 5) is 0. The molecule has 21 heavy (non-hydrogen) atoms. The third-order valence-electron chi connectivity index (χ3n) is 4.49. The number of hydrogen-bond acceptors (Lipinski definition) is 2. The van der Waals surface area contributed by atoms with Gasteiger partial charge in [-0.2, -0.15) is 0 Å². The minimum Gasteiger partial charge on any atom is -0.494 e. The minimum atomic E-state index is -0.306. The van der Waals surface area contributed by atoms with E-state index in [1.807, 2.05) is 19.2 Å². The summed E-state index contributed by atoms with van der Waals surface area (Å²) >= 11 is 0. The van der Waals surface area contributed by atoms with Crippen LogP contribution in [-0.4, -0.2) is 14.2 Å². The molecule has 3 rings (SSSR count). The summed E-state index contributed by atoms with van der Waals surface area (Å²) < 4.78 is 19.0. The standard InChI is InChI=1S/C18H20FNO/c1-20-17(13-8-9-16(21-2)15(19)12-13)18(10-11-18)14-6-4-3-5-7-14/h3-9,12,17,20H,10-11H2,1-2H3. The van der Waals surface area contributed by atoms with E-state index in [-0.39, 0.29) is 23.0 Å². The summed E-state index contributed by atoms with van der Waals surface area (Å²) in [6.45, 7) is 0. The first-order valence-corrected chi connectivity index (χ1v) is 7.27. The van der Waals surface area contributed by atoms with Gasteiger partial charge in [-0.15, -0.1) is 0 Å². The molecule has 0 bridgehead atoms. The molecule has 1 atom stereocenters. The third-order valence-corrected chi connectivity index (χ3v) is 4.49. The van der Waals surface area contributed by atoms with E-state index in [9.17, 15) is 4.39 Å². The van der Waals surface area contributed by atoms with Gasteiger partial charge in [-0.1, -0.05) is 36.4 Å². The second kappa shape index (κ2) is 5.49. The van der Waals surface area contributed by atoms with Crippen LogP contribution in [0.1, 0.15) is 30.0 Å². The van der Waals surface area contributed by atoms with Crippen molar-refractivity contribution in [3.05, 3.63) is 65.5 Å². The number of likely N-dealkylation sites (N-methyl/N-ethyl adjacent to an activating group) is 1. The highest BCUT2D eigenvalue weighted by Gasteiger charge is 2.50. The number of halogens is 1. The summed E-state index contributed by atoms with van der Waals surface area (Å²) in [6, 6.07) is 15.8. The molecule has 2 aromatic rings. The van der Waals surface area contributed by atoms with E-state index < -0.39 is 0 Å². The molecule has 1 N–H and O–H groups in total. The number of benzene rings is 2. The Morgan fingerprint density at radius 2 is 1.86 bits per heavy atom. The van der Waals surface area contributed by atoms with Crippen LogP contribution < -0.4 is 10.1 Å². The van der Waals surface area contributed by atoms with Crippen LogP contribution in [0.3, 0.4) is 0 Å². The fourth-order valence-electron chi connectivity index (χ4n) is 3.27. The average Bonchev–Trinajstić information content (AvgIpc) is 3.31. The number of ether oxygens (including phenoxy) is 1. The first-order valence-electron chi connectivity index (χ1n) is 7.27. The van der Waals surface area contributed by atoms with Crippen molar-refractivity contribution in [3.63, 3.8) is 0 Å². The van der Waals surface area contributed by atoms with Gasteiger partial charge in [-0.3, -0.25) is 0 Å². The minimum absolute atomic E-state index is 0.0804. The van der Waals surface area contributed by atoms with Crippen molar-refractivity contribution in [2.24, 2.45) is 0 Å². The fraction of sp³-hybridized carbons (Fsp3) is 0.333. The third kappa shape index (κ3) is 2.42. The van der Waals surface area contributed by atoms with Gasteiger partial charge in [-0.25, -0.2) is 4.39 Å². The van der Waals surface area contributed by atoms with E-state index in [1.54, 1.807) is 12.1 Å². The molecule has 0 saturated heterocycles. The first-order chi connectivity index (χ1) is 10.2. The molecule has 1 saturated carbocycles. The first kappa shape index (κ1) is 14.1. The largest absolute Gasteiger partial charge is 0.494 e. The van der Waals surface area contributed by atoms with Crippen molar-refractivity contribution in [1.29, 1.82) is 0 Å². The highest BCUT2D eigenvalue weighted by molar-refractivity contribution is 5.40. The molecule has 0 aliphatic heterocycles. The van der Waals surface area contributed by atoms with Gasteiger partial charge in [0.25, 0.3) is 0 Å². The maximum Gasteiger partial charge on any atom is 0.165 e. The molecular formula is C18H20FNO. The zero-order valence-electron chi connectivity index (χ0n) is 12.4. The van der Waals surface area contributed by atoms with Crippen LogP contribution in [0.15, 0.2) is 48.5 Å². The van der Waals surface area contributed by atoms with E-state index in [0.717, 1.165) is 18.4 Å². The van der Waals surface area contributed by atoms with Crippen molar-refractivity contribution in [1.82, 2.24) is 5.32 Å². The second-order valence-corrected chi connectivity index (χ2v) is 5.64. The van der Waals surface area contributed by atoms with Gasteiger partial charge in [0, 0.05) is 11.5 Å². The lowest BCUT2D eigenvalue weighted by Crippen LogP contribution is -2.29. The highest BCUT2D eigenvalue weighted by atomic mass is 19.1. The predicted octanol–water partition coefficient (Wildman–Crippen LogP) is 3.83. The fourth-order valence-corrected chi connectivity index (χ4v) is 3.27. The lowest BCUT2D eigenvalue weighted by molar-refractivity contribution is 0.384. The predicted molar refractivity (Wildman–Crippen MR) is 82.1 cm³/mol. The van der Waals surface area contributed by atoms with Crippen molar-refractivity contribution in [2.75, 3.05) is 14.2 Å². The summed E-state index contributed by atoms with van der Waals surface area (Å²) in [5, 5.41) is 3.38. The van der Waals surface area contributed by atoms with E-state index in [1.165, 1.54) is 12.7 Å². The van der Waals surface area contributed by atoms with E-state index in [4.69, 9.17) is 4.74 Å². The van der Waals surface area contributed by atoms with Crippen LogP contribution in [-0.2, 0) is 5.41 Å². The lowest BCUT2D eigenvalue weighted by Gasteiger charge is -2.28. The summed E-state index contributed by atoms with van der Waals surface area (Å²) in [5.41, 5.74) is 2.37. The van der Waals surface area contributed by atoms with E-state index >= 15 is 0 Å². The maximum atomic E-state index is 14.0. The van der Waals surface area contributed by atoms with Gasteiger partial charge in [0.15, 0.2) is 11.6 Å². The number of rotatable bonds is 5. The quantitative estimate of drug-likeness (QED) is 0.901. The summed E-state index contributed by atoms with van der Waals surface area (Å²) in [7, 11) is 3.43. The topological polar surface area (TPSA) is 21.3 Å². The summed E-state index contributed by atoms with van der Waals surface area (Å²) in [5.74, 6) is -0.0164. The van der Waals surface area contributed by atoms with Gasteiger partial charge in [0.1, 0.15) is 0 Å². The molecular weight excluding hydrogens is 265 g/mol. The van der Waals surface area contributed by atoms with Crippen LogP contribution in [0.25, 0.3) is 0 Å². The van der Waals surface area contributed by atoms with Crippen LogP contribution in [0, 0.1) is 5.82 Å². The molecule has 110 valence electrons. The molecule has 0 heterocycles. The summed E-state index contributed by atoms with van der Waals surface area (Å²) in [6.07, 6.45) is 2.24. The molecule has 1 fully saturated rings. The Hall–Kier alpha value is -1.87. The molecule has 2 nitrogen and oxygen atoms in total. The van der Waals surface area contributed by atoms with Crippen LogP contribution in [0.2, 0.25) is 0 Å². The molecule has 3 heteroatoms. The molecule has 1 aliphatic carbocycles. The average molecular weight is 285 g/mol. The highest BCUT2D eigenvalue weighted by Crippen LogP contribution is 2.56. The SMILES string of the molecule is CNC(c1ccc(OC)c(F)c1)C1(c2ccccc2)CC1.